The molecule has 0 radical (unpaired) electrons. The van der Waals surface area contributed by atoms with Crippen molar-refractivity contribution in [2.75, 3.05) is 26.4 Å². The summed E-state index contributed by atoms with van der Waals surface area (Å²) < 4.78 is 24.3. The first-order valence-corrected chi connectivity index (χ1v) is 14.5. The summed E-state index contributed by atoms with van der Waals surface area (Å²) in [5.74, 6) is 0. The average Bonchev–Trinajstić information content (AvgIpc) is 2.59. The van der Waals surface area contributed by atoms with E-state index in [4.69, 9.17) is 18.9 Å². The molecule has 0 aliphatic rings. The highest BCUT2D eigenvalue weighted by atomic mass is 28.2. The summed E-state index contributed by atoms with van der Waals surface area (Å²) in [6, 6.07) is 2.61. The minimum absolute atomic E-state index is 0.224. The maximum atomic E-state index is 6.08. The fourth-order valence-corrected chi connectivity index (χ4v) is 8.75. The van der Waals surface area contributed by atoms with Gasteiger partial charge in [-0.25, -0.2) is 0 Å². The number of hydrogen-bond acceptors (Lipinski definition) is 4. The third kappa shape index (κ3) is 10.6. The third-order valence-corrected chi connectivity index (χ3v) is 9.51. The zero-order valence-corrected chi connectivity index (χ0v) is 21.4. The van der Waals surface area contributed by atoms with Crippen LogP contribution in [0.25, 0.3) is 0 Å². The van der Waals surface area contributed by atoms with Gasteiger partial charge in [0.15, 0.2) is 0 Å². The highest BCUT2D eigenvalue weighted by Gasteiger charge is 2.31. The molecule has 0 saturated heterocycles. The maximum Gasteiger partial charge on any atom is 0.144 e. The molecule has 4 nitrogen and oxygen atoms in total. The van der Waals surface area contributed by atoms with Crippen molar-refractivity contribution in [2.45, 2.75) is 103 Å². The molecule has 0 aliphatic carbocycles. The van der Waals surface area contributed by atoms with Crippen LogP contribution in [0.2, 0.25) is 12.1 Å². The van der Waals surface area contributed by atoms with Crippen molar-refractivity contribution in [3.05, 3.63) is 0 Å². The van der Waals surface area contributed by atoms with Crippen molar-refractivity contribution in [3.63, 3.8) is 0 Å². The maximum absolute atomic E-state index is 6.08. The molecule has 0 bridgehead atoms. The van der Waals surface area contributed by atoms with Crippen LogP contribution in [0, 0.1) is 0 Å². The second-order valence-corrected chi connectivity index (χ2v) is 11.5. The Morgan fingerprint density at radius 2 is 0.846 bits per heavy atom. The van der Waals surface area contributed by atoms with E-state index in [2.05, 4.69) is 41.5 Å². The normalized spacial score (nSPS) is 13.6. The molecule has 6 heteroatoms. The Labute approximate surface area is 167 Å². The van der Waals surface area contributed by atoms with Gasteiger partial charge in [0, 0.05) is 26.4 Å². The van der Waals surface area contributed by atoms with Gasteiger partial charge in [-0.05, 0) is 40.5 Å². The lowest BCUT2D eigenvalue weighted by Gasteiger charge is -2.34. The summed E-state index contributed by atoms with van der Waals surface area (Å²) in [5.41, 5.74) is -0.448. The van der Waals surface area contributed by atoms with Crippen LogP contribution in [0.1, 0.15) is 80.1 Å². The van der Waals surface area contributed by atoms with Crippen molar-refractivity contribution in [3.8, 4) is 0 Å². The zero-order chi connectivity index (χ0) is 19.7. The van der Waals surface area contributed by atoms with Crippen molar-refractivity contribution >= 4 is 19.0 Å². The van der Waals surface area contributed by atoms with Gasteiger partial charge in [0.25, 0.3) is 0 Å². The van der Waals surface area contributed by atoms with Crippen LogP contribution in [0.3, 0.4) is 0 Å². The lowest BCUT2D eigenvalue weighted by molar-refractivity contribution is -0.180. The Hall–Kier alpha value is 0.274. The highest BCUT2D eigenvalue weighted by Crippen LogP contribution is 2.23. The van der Waals surface area contributed by atoms with E-state index in [1.807, 2.05) is 0 Å². The Bertz CT molecular complexity index is 252. The van der Waals surface area contributed by atoms with E-state index in [1.54, 1.807) is 0 Å². The minimum atomic E-state index is -0.397. The summed E-state index contributed by atoms with van der Waals surface area (Å²) in [4.78, 5) is 0. The van der Waals surface area contributed by atoms with Gasteiger partial charge >= 0.3 is 0 Å². The van der Waals surface area contributed by atoms with E-state index in [0.717, 1.165) is 52.1 Å². The van der Waals surface area contributed by atoms with Crippen LogP contribution in [0.4, 0.5) is 0 Å². The van der Waals surface area contributed by atoms with Crippen LogP contribution in [0.5, 0.6) is 0 Å². The Balaban J connectivity index is 4.35. The molecule has 0 aromatic carbocycles. The molecular weight excluding hydrogens is 360 g/mol. The van der Waals surface area contributed by atoms with Gasteiger partial charge < -0.3 is 18.9 Å². The molecule has 0 spiro atoms. The molecule has 0 aromatic heterocycles. The molecular formula is C20H46O4Si2. The van der Waals surface area contributed by atoms with Gasteiger partial charge in [-0.15, -0.1) is 0 Å². The molecule has 0 amide bonds. The van der Waals surface area contributed by atoms with E-state index in [1.165, 1.54) is 24.9 Å². The third-order valence-electron chi connectivity index (χ3n) is 4.76. The van der Waals surface area contributed by atoms with Crippen molar-refractivity contribution in [2.24, 2.45) is 0 Å². The largest absolute Gasteiger partial charge is 0.355 e. The minimum Gasteiger partial charge on any atom is -0.355 e. The summed E-state index contributed by atoms with van der Waals surface area (Å²) in [5, 5.41) is 0. The van der Waals surface area contributed by atoms with Gasteiger partial charge in [-0.2, -0.15) is 0 Å². The van der Waals surface area contributed by atoms with Crippen LogP contribution < -0.4 is 0 Å². The summed E-state index contributed by atoms with van der Waals surface area (Å²) >= 11 is 0. The monoisotopic (exact) mass is 406 g/mol. The van der Waals surface area contributed by atoms with E-state index in [-0.39, 0.29) is 10.8 Å². The number of hydrogen-bond donors (Lipinski definition) is 0. The van der Waals surface area contributed by atoms with Crippen LogP contribution in [0.15, 0.2) is 0 Å². The fourth-order valence-electron chi connectivity index (χ4n) is 3.87. The molecule has 0 unspecified atom stereocenters. The van der Waals surface area contributed by atoms with Gasteiger partial charge in [-0.1, -0.05) is 51.6 Å². The van der Waals surface area contributed by atoms with Crippen LogP contribution in [-0.4, -0.2) is 56.3 Å². The Kier molecular flexibility index (Phi) is 16.4. The van der Waals surface area contributed by atoms with Crippen LogP contribution in [-0.2, 0) is 18.9 Å². The van der Waals surface area contributed by atoms with E-state index in [0.29, 0.717) is 0 Å². The molecule has 0 aliphatic heterocycles. The Morgan fingerprint density at radius 3 is 1.08 bits per heavy atom. The topological polar surface area (TPSA) is 36.9 Å². The van der Waals surface area contributed by atoms with E-state index in [9.17, 15) is 0 Å². The van der Waals surface area contributed by atoms with Crippen molar-refractivity contribution < 1.29 is 18.9 Å². The molecule has 26 heavy (non-hydrogen) atoms. The quantitative estimate of drug-likeness (QED) is 0.185. The summed E-state index contributed by atoms with van der Waals surface area (Å²) in [6.45, 7) is 15.8. The standard InChI is InChI=1S/C20H46O4Si2/c1-7-15-19(21-9-3,22-10-4)25-17-13-14-18-26-20(16-8-2,23-11-5)24-12-6/h7-18,25-26H2,1-6H3. The molecule has 0 saturated carbocycles. The van der Waals surface area contributed by atoms with Crippen molar-refractivity contribution in [1.29, 1.82) is 0 Å². The molecule has 0 atom stereocenters. The molecule has 0 N–H and O–H groups in total. The average molecular weight is 407 g/mol. The second kappa shape index (κ2) is 16.2. The first kappa shape index (κ1) is 26.3. The first-order chi connectivity index (χ1) is 12.6. The smallest absolute Gasteiger partial charge is 0.144 e. The van der Waals surface area contributed by atoms with Gasteiger partial charge in [0.2, 0.25) is 0 Å². The molecule has 158 valence electrons. The number of unbranched alkanes of at least 4 members (excludes halogenated alkanes) is 1. The fraction of sp³-hybridized carbons (Fsp3) is 1.00. The predicted octanol–water partition coefficient (Wildman–Crippen LogP) is 3.99. The molecule has 0 heterocycles. The number of rotatable bonds is 19. The molecule has 0 aromatic rings. The summed E-state index contributed by atoms with van der Waals surface area (Å²) in [7, 11) is -0.794. The van der Waals surface area contributed by atoms with E-state index < -0.39 is 19.0 Å². The second-order valence-electron chi connectivity index (χ2n) is 6.97. The first-order valence-electron chi connectivity index (χ1n) is 11.1. The predicted molar refractivity (Wildman–Crippen MR) is 118 cm³/mol. The lowest BCUT2D eigenvalue weighted by Crippen LogP contribution is -2.43. The molecule has 0 rings (SSSR count). The number of ether oxygens (including phenoxy) is 4. The molecule has 0 fully saturated rings. The zero-order valence-electron chi connectivity index (χ0n) is 18.5. The van der Waals surface area contributed by atoms with Gasteiger partial charge in [-0.3, -0.25) is 0 Å². The Morgan fingerprint density at radius 1 is 0.538 bits per heavy atom. The van der Waals surface area contributed by atoms with Gasteiger partial charge in [0.05, 0.1) is 19.0 Å². The SMILES string of the molecule is CCCC(OCC)(OCC)[SiH2]CCCC[SiH2]C(CCC)(OCC)OCC. The van der Waals surface area contributed by atoms with Crippen molar-refractivity contribution in [1.82, 2.24) is 0 Å². The van der Waals surface area contributed by atoms with E-state index >= 15 is 0 Å². The lowest BCUT2D eigenvalue weighted by atomic mass is 10.3. The van der Waals surface area contributed by atoms with Gasteiger partial charge in [0.1, 0.15) is 10.8 Å². The highest BCUT2D eigenvalue weighted by molar-refractivity contribution is 6.39. The summed E-state index contributed by atoms with van der Waals surface area (Å²) in [6.07, 6.45) is 6.94. The van der Waals surface area contributed by atoms with Crippen LogP contribution >= 0.6 is 0 Å².